The molecule has 0 N–H and O–H groups in total. The quantitative estimate of drug-likeness (QED) is 0.412. The number of halogens is 2. The van der Waals surface area contributed by atoms with Crippen LogP contribution in [0.25, 0.3) is 0 Å². The smallest absolute Gasteiger partial charge is 0.228 e. The van der Waals surface area contributed by atoms with E-state index in [0.717, 1.165) is 28.0 Å². The van der Waals surface area contributed by atoms with Gasteiger partial charge in [0.2, 0.25) is 5.88 Å². The van der Waals surface area contributed by atoms with Crippen molar-refractivity contribution in [2.24, 2.45) is 4.99 Å². The predicted molar refractivity (Wildman–Crippen MR) is 96.7 cm³/mol. The molecule has 0 aliphatic heterocycles. The second-order valence-corrected chi connectivity index (χ2v) is 6.21. The fourth-order valence-electron chi connectivity index (χ4n) is 1.71. The van der Waals surface area contributed by atoms with Crippen LogP contribution in [-0.2, 0) is 6.61 Å². The van der Waals surface area contributed by atoms with Crippen LogP contribution in [0, 0.1) is 6.92 Å². The summed E-state index contributed by atoms with van der Waals surface area (Å²) in [5, 5.41) is 0.444. The highest BCUT2D eigenvalue weighted by atomic mass is 79.9. The molecule has 0 atom stereocenters. The summed E-state index contributed by atoms with van der Waals surface area (Å²) in [5.41, 5.74) is 2.54. The van der Waals surface area contributed by atoms with Crippen LogP contribution in [0.4, 0.5) is 5.69 Å². The van der Waals surface area contributed by atoms with Gasteiger partial charge in [0.05, 0.1) is 22.2 Å². The molecule has 0 unspecified atom stereocenters. The van der Waals surface area contributed by atoms with E-state index in [-0.39, 0.29) is 0 Å². The Bertz CT molecular complexity index is 708. The monoisotopic (exact) mass is 396 g/mol. The maximum atomic E-state index is 5.86. The number of nitrogens with zero attached hydrogens (tertiary/aromatic N) is 4. The molecule has 2 rings (SSSR count). The highest BCUT2D eigenvalue weighted by Crippen LogP contribution is 2.30. The molecule has 7 heteroatoms. The van der Waals surface area contributed by atoms with E-state index < -0.39 is 0 Å². The van der Waals surface area contributed by atoms with Crippen molar-refractivity contribution >= 4 is 39.6 Å². The second kappa shape index (κ2) is 8.26. The van der Waals surface area contributed by atoms with Crippen molar-refractivity contribution in [1.29, 1.82) is 0 Å². The van der Waals surface area contributed by atoms with E-state index >= 15 is 0 Å². The number of hydrogen-bond acceptors (Lipinski definition) is 4. The van der Waals surface area contributed by atoms with E-state index in [1.54, 1.807) is 18.6 Å². The molecule has 0 fully saturated rings. The van der Waals surface area contributed by atoms with E-state index in [1.165, 1.54) is 0 Å². The minimum atomic E-state index is 0.370. The molecule has 0 aliphatic carbocycles. The standard InChI is InChI=1S/C16H18BrClN4O/c1-4-22(3)10-20-14-8-13(17)16(21-11(14)2)23-9-12-5-6-19-15(18)7-12/h5-8,10H,4,9H2,1-3H3. The second-order valence-electron chi connectivity index (χ2n) is 4.97. The van der Waals surface area contributed by atoms with Crippen molar-refractivity contribution in [3.8, 4) is 5.88 Å². The van der Waals surface area contributed by atoms with Crippen molar-refractivity contribution in [3.63, 3.8) is 0 Å². The van der Waals surface area contributed by atoms with Gasteiger partial charge in [-0.2, -0.15) is 0 Å². The number of aryl methyl sites for hydroxylation is 1. The maximum Gasteiger partial charge on any atom is 0.228 e. The van der Waals surface area contributed by atoms with Gasteiger partial charge in [0, 0.05) is 19.8 Å². The van der Waals surface area contributed by atoms with Crippen LogP contribution >= 0.6 is 27.5 Å². The Morgan fingerprint density at radius 1 is 1.43 bits per heavy atom. The number of aliphatic imine (C=N–C) groups is 1. The fourth-order valence-corrected chi connectivity index (χ4v) is 2.32. The van der Waals surface area contributed by atoms with Crippen molar-refractivity contribution in [3.05, 3.63) is 45.3 Å². The maximum absolute atomic E-state index is 5.86. The molecule has 23 heavy (non-hydrogen) atoms. The zero-order valence-electron chi connectivity index (χ0n) is 13.3. The van der Waals surface area contributed by atoms with Gasteiger partial charge in [0.1, 0.15) is 11.8 Å². The average molecular weight is 398 g/mol. The third-order valence-corrected chi connectivity index (χ3v) is 3.94. The molecule has 0 saturated heterocycles. The summed E-state index contributed by atoms with van der Waals surface area (Å²) in [6.45, 7) is 5.23. The lowest BCUT2D eigenvalue weighted by Crippen LogP contribution is -2.14. The van der Waals surface area contributed by atoms with Crippen molar-refractivity contribution in [2.45, 2.75) is 20.5 Å². The van der Waals surface area contributed by atoms with Gasteiger partial charge in [-0.05, 0) is 53.5 Å². The summed E-state index contributed by atoms with van der Waals surface area (Å²) in [7, 11) is 1.97. The molecule has 0 spiro atoms. The average Bonchev–Trinajstić information content (AvgIpc) is 2.53. The largest absolute Gasteiger partial charge is 0.472 e. The van der Waals surface area contributed by atoms with Gasteiger partial charge in [0.15, 0.2) is 0 Å². The van der Waals surface area contributed by atoms with Gasteiger partial charge in [0.25, 0.3) is 0 Å². The van der Waals surface area contributed by atoms with Gasteiger partial charge in [-0.1, -0.05) is 11.6 Å². The Balaban J connectivity index is 2.12. The zero-order valence-corrected chi connectivity index (χ0v) is 15.6. The first-order chi connectivity index (χ1) is 11.0. The molecule has 2 aromatic heterocycles. The Hall–Kier alpha value is -1.66. The summed E-state index contributed by atoms with van der Waals surface area (Å²) in [4.78, 5) is 14.8. The van der Waals surface area contributed by atoms with E-state index in [2.05, 4.69) is 37.8 Å². The highest BCUT2D eigenvalue weighted by molar-refractivity contribution is 9.10. The molecule has 0 saturated carbocycles. The van der Waals surface area contributed by atoms with Crippen LogP contribution in [0.15, 0.2) is 33.9 Å². The van der Waals surface area contributed by atoms with E-state index in [0.29, 0.717) is 17.6 Å². The SMILES string of the molecule is CCN(C)C=Nc1cc(Br)c(OCc2ccnc(Cl)c2)nc1C. The van der Waals surface area contributed by atoms with E-state index in [9.17, 15) is 0 Å². The van der Waals surface area contributed by atoms with Crippen LogP contribution in [0.3, 0.4) is 0 Å². The number of rotatable bonds is 6. The van der Waals surface area contributed by atoms with Crippen LogP contribution in [-0.4, -0.2) is 34.8 Å². The normalized spacial score (nSPS) is 11.0. The molecule has 122 valence electrons. The first kappa shape index (κ1) is 17.7. The van der Waals surface area contributed by atoms with Gasteiger partial charge in [-0.15, -0.1) is 0 Å². The Morgan fingerprint density at radius 3 is 2.91 bits per heavy atom. The Morgan fingerprint density at radius 2 is 2.22 bits per heavy atom. The molecule has 0 bridgehead atoms. The molecule has 2 heterocycles. The van der Waals surface area contributed by atoms with Crippen molar-refractivity contribution in [2.75, 3.05) is 13.6 Å². The van der Waals surface area contributed by atoms with Gasteiger partial charge < -0.3 is 9.64 Å². The lowest BCUT2D eigenvalue weighted by molar-refractivity contribution is 0.291. The molecule has 0 radical (unpaired) electrons. The van der Waals surface area contributed by atoms with Gasteiger partial charge in [-0.3, -0.25) is 0 Å². The van der Waals surface area contributed by atoms with Crippen molar-refractivity contribution < 1.29 is 4.74 Å². The number of pyridine rings is 2. The summed E-state index contributed by atoms with van der Waals surface area (Å²) in [6, 6.07) is 5.52. The third-order valence-electron chi connectivity index (χ3n) is 3.17. The number of aromatic nitrogens is 2. The van der Waals surface area contributed by atoms with Crippen LogP contribution < -0.4 is 4.74 Å². The fraction of sp³-hybridized carbons (Fsp3) is 0.312. The molecule has 0 aromatic carbocycles. The lowest BCUT2D eigenvalue weighted by Gasteiger charge is -2.11. The molecule has 5 nitrogen and oxygen atoms in total. The van der Waals surface area contributed by atoms with Gasteiger partial charge >= 0.3 is 0 Å². The zero-order chi connectivity index (χ0) is 16.8. The Labute approximate surface area is 149 Å². The van der Waals surface area contributed by atoms with Crippen LogP contribution in [0.5, 0.6) is 5.88 Å². The molecule has 2 aromatic rings. The van der Waals surface area contributed by atoms with Gasteiger partial charge in [-0.25, -0.2) is 15.0 Å². The topological polar surface area (TPSA) is 50.6 Å². The summed E-state index contributed by atoms with van der Waals surface area (Å²) >= 11 is 9.34. The van der Waals surface area contributed by atoms with Crippen LogP contribution in [0.1, 0.15) is 18.2 Å². The van der Waals surface area contributed by atoms with Crippen LogP contribution in [0.2, 0.25) is 5.15 Å². The third kappa shape index (κ3) is 5.18. The molecule has 0 aliphatic rings. The minimum Gasteiger partial charge on any atom is -0.472 e. The summed E-state index contributed by atoms with van der Waals surface area (Å²) in [6.07, 6.45) is 3.44. The highest BCUT2D eigenvalue weighted by Gasteiger charge is 2.09. The number of ether oxygens (including phenoxy) is 1. The predicted octanol–water partition coefficient (Wildman–Crippen LogP) is 4.39. The van der Waals surface area contributed by atoms with Crippen molar-refractivity contribution in [1.82, 2.24) is 14.9 Å². The minimum absolute atomic E-state index is 0.370. The molecular formula is C16H18BrClN4O. The van der Waals surface area contributed by atoms with E-state index in [4.69, 9.17) is 16.3 Å². The summed E-state index contributed by atoms with van der Waals surface area (Å²) < 4.78 is 6.51. The summed E-state index contributed by atoms with van der Waals surface area (Å²) in [5.74, 6) is 0.526. The lowest BCUT2D eigenvalue weighted by atomic mass is 10.3. The first-order valence-corrected chi connectivity index (χ1v) is 8.31. The van der Waals surface area contributed by atoms with E-state index in [1.807, 2.05) is 31.0 Å². The first-order valence-electron chi connectivity index (χ1n) is 7.14. The molecular weight excluding hydrogens is 380 g/mol. The number of hydrogen-bond donors (Lipinski definition) is 0. The Kier molecular flexibility index (Phi) is 6.36. The molecule has 0 amide bonds.